The molecule has 0 amide bonds. The van der Waals surface area contributed by atoms with Gasteiger partial charge in [-0.15, -0.1) is 0 Å². The second kappa shape index (κ2) is 6.57. The van der Waals surface area contributed by atoms with Crippen LogP contribution >= 0.6 is 11.6 Å². The van der Waals surface area contributed by atoms with E-state index in [-0.39, 0.29) is 11.6 Å². The van der Waals surface area contributed by atoms with E-state index in [0.717, 1.165) is 0 Å². The second-order valence-electron chi connectivity index (χ2n) is 4.17. The second-order valence-corrected chi connectivity index (χ2v) is 4.57. The highest BCUT2D eigenvalue weighted by Gasteiger charge is 2.06. The minimum Gasteiger partial charge on any atom is -0.491 e. The average Bonchev–Trinajstić information content (AvgIpc) is 2.43. The lowest BCUT2D eigenvalue weighted by molar-refractivity contribution is 0.321. The number of hydrogen-bond acceptors (Lipinski definition) is 2. The lowest BCUT2D eigenvalue weighted by atomic mass is 10.2. The summed E-state index contributed by atoms with van der Waals surface area (Å²) in [5.41, 5.74) is 1.19. The van der Waals surface area contributed by atoms with Crippen LogP contribution in [0.1, 0.15) is 12.5 Å². The number of halogens is 3. The van der Waals surface area contributed by atoms with Crippen molar-refractivity contribution in [1.29, 1.82) is 0 Å². The molecule has 0 atom stereocenters. The summed E-state index contributed by atoms with van der Waals surface area (Å²) in [5.74, 6) is -0.590. The molecule has 0 aliphatic heterocycles. The molecule has 2 aromatic carbocycles. The molecular weight excluding hydrogens is 284 g/mol. The van der Waals surface area contributed by atoms with Crippen LogP contribution in [0.15, 0.2) is 36.4 Å². The van der Waals surface area contributed by atoms with Gasteiger partial charge in [-0.3, -0.25) is 0 Å². The van der Waals surface area contributed by atoms with Gasteiger partial charge in [0.2, 0.25) is 0 Å². The number of ether oxygens (including phenoxy) is 1. The van der Waals surface area contributed by atoms with Gasteiger partial charge in [-0.25, -0.2) is 8.78 Å². The number of hydrogen-bond donors (Lipinski definition) is 1. The Bertz CT molecular complexity index is 604. The molecule has 2 nitrogen and oxygen atoms in total. The Kier molecular flexibility index (Phi) is 4.79. The zero-order valence-corrected chi connectivity index (χ0v) is 11.7. The third-order valence-corrected chi connectivity index (χ3v) is 3.09. The van der Waals surface area contributed by atoms with E-state index in [1.165, 1.54) is 24.3 Å². The highest BCUT2D eigenvalue weighted by molar-refractivity contribution is 6.31. The standard InChI is InChI=1S/C15H14ClF2NO/c1-2-20-15-6-4-12(8-14(15)18)19-9-10-7-11(17)3-5-13(10)16/h3-8,19H,2,9H2,1H3. The Morgan fingerprint density at radius 2 is 1.95 bits per heavy atom. The zero-order valence-electron chi connectivity index (χ0n) is 10.9. The summed E-state index contributed by atoms with van der Waals surface area (Å²) in [6.07, 6.45) is 0. The van der Waals surface area contributed by atoms with Gasteiger partial charge in [0.05, 0.1) is 6.61 Å². The maximum Gasteiger partial charge on any atom is 0.167 e. The van der Waals surface area contributed by atoms with Gasteiger partial charge in [-0.1, -0.05) is 11.6 Å². The monoisotopic (exact) mass is 297 g/mol. The van der Waals surface area contributed by atoms with Gasteiger partial charge in [0.25, 0.3) is 0 Å². The average molecular weight is 298 g/mol. The van der Waals surface area contributed by atoms with E-state index < -0.39 is 5.82 Å². The van der Waals surface area contributed by atoms with Gasteiger partial charge in [-0.2, -0.15) is 0 Å². The summed E-state index contributed by atoms with van der Waals surface area (Å²) in [5, 5.41) is 3.46. The van der Waals surface area contributed by atoms with Crippen LogP contribution < -0.4 is 10.1 Å². The smallest absolute Gasteiger partial charge is 0.167 e. The number of benzene rings is 2. The van der Waals surface area contributed by atoms with Crippen LogP contribution in [0.4, 0.5) is 14.5 Å². The SMILES string of the molecule is CCOc1ccc(NCc2cc(F)ccc2Cl)cc1F. The molecule has 5 heteroatoms. The molecule has 1 N–H and O–H groups in total. The van der Waals surface area contributed by atoms with E-state index in [2.05, 4.69) is 5.32 Å². The highest BCUT2D eigenvalue weighted by atomic mass is 35.5. The first-order valence-electron chi connectivity index (χ1n) is 6.20. The van der Waals surface area contributed by atoms with Crippen LogP contribution in [-0.2, 0) is 6.54 Å². The largest absolute Gasteiger partial charge is 0.491 e. The molecule has 0 aliphatic carbocycles. The molecule has 0 unspecified atom stereocenters. The molecule has 0 saturated heterocycles. The van der Waals surface area contributed by atoms with Gasteiger partial charge in [0, 0.05) is 23.3 Å². The fourth-order valence-electron chi connectivity index (χ4n) is 1.76. The predicted octanol–water partition coefficient (Wildman–Crippen LogP) is 4.63. The molecular formula is C15H14ClF2NO. The molecule has 0 aromatic heterocycles. The third kappa shape index (κ3) is 3.61. The van der Waals surface area contributed by atoms with Gasteiger partial charge in [0.1, 0.15) is 5.82 Å². The van der Waals surface area contributed by atoms with Crippen molar-refractivity contribution in [2.75, 3.05) is 11.9 Å². The number of anilines is 1. The fraction of sp³-hybridized carbons (Fsp3) is 0.200. The molecule has 0 fully saturated rings. The van der Waals surface area contributed by atoms with Crippen LogP contribution in [0.3, 0.4) is 0 Å². The topological polar surface area (TPSA) is 21.3 Å². The predicted molar refractivity (Wildman–Crippen MR) is 76.3 cm³/mol. The quantitative estimate of drug-likeness (QED) is 0.869. The third-order valence-electron chi connectivity index (χ3n) is 2.72. The van der Waals surface area contributed by atoms with Crippen molar-refractivity contribution in [2.45, 2.75) is 13.5 Å². The van der Waals surface area contributed by atoms with Crippen LogP contribution in [0, 0.1) is 11.6 Å². The molecule has 0 heterocycles. The van der Waals surface area contributed by atoms with Crippen LogP contribution in [0.2, 0.25) is 5.02 Å². The summed E-state index contributed by atoms with van der Waals surface area (Å²) < 4.78 is 31.9. The van der Waals surface area contributed by atoms with Gasteiger partial charge in [-0.05, 0) is 42.8 Å². The van der Waals surface area contributed by atoms with Gasteiger partial charge in [0.15, 0.2) is 11.6 Å². The van der Waals surface area contributed by atoms with Crippen molar-refractivity contribution in [3.63, 3.8) is 0 Å². The Labute approximate surface area is 121 Å². The Balaban J connectivity index is 2.07. The fourth-order valence-corrected chi connectivity index (χ4v) is 1.94. The Hall–Kier alpha value is -1.81. The van der Waals surface area contributed by atoms with Crippen LogP contribution in [-0.4, -0.2) is 6.61 Å². The minimum absolute atomic E-state index is 0.210. The molecule has 0 bridgehead atoms. The van der Waals surface area contributed by atoms with Crippen LogP contribution in [0.5, 0.6) is 5.75 Å². The van der Waals surface area contributed by atoms with E-state index in [1.807, 2.05) is 0 Å². The first kappa shape index (κ1) is 14.6. The summed E-state index contributed by atoms with van der Waals surface area (Å²) in [6.45, 7) is 2.50. The molecule has 0 radical (unpaired) electrons. The zero-order chi connectivity index (χ0) is 14.5. The molecule has 2 rings (SSSR count). The van der Waals surface area contributed by atoms with E-state index in [9.17, 15) is 8.78 Å². The summed E-state index contributed by atoms with van der Waals surface area (Å²) in [7, 11) is 0. The Morgan fingerprint density at radius 3 is 2.65 bits per heavy atom. The maximum atomic E-state index is 13.7. The lowest BCUT2D eigenvalue weighted by Gasteiger charge is -2.10. The molecule has 0 aliphatic rings. The van der Waals surface area contributed by atoms with E-state index >= 15 is 0 Å². The summed E-state index contributed by atoms with van der Waals surface area (Å²) in [4.78, 5) is 0. The molecule has 0 spiro atoms. The molecule has 0 saturated carbocycles. The van der Waals surface area contributed by atoms with Gasteiger partial charge < -0.3 is 10.1 Å². The number of nitrogens with one attached hydrogen (secondary N) is 1. The highest BCUT2D eigenvalue weighted by Crippen LogP contribution is 2.23. The number of rotatable bonds is 5. The molecule has 106 valence electrons. The summed E-state index contributed by atoms with van der Waals surface area (Å²) in [6, 6.07) is 8.71. The van der Waals surface area contributed by atoms with Crippen molar-refractivity contribution in [3.05, 3.63) is 58.6 Å². The lowest BCUT2D eigenvalue weighted by Crippen LogP contribution is -2.02. The normalized spacial score (nSPS) is 10.4. The summed E-state index contributed by atoms with van der Waals surface area (Å²) >= 11 is 5.96. The maximum absolute atomic E-state index is 13.7. The first-order valence-corrected chi connectivity index (χ1v) is 6.58. The molecule has 2 aromatic rings. The van der Waals surface area contributed by atoms with Crippen molar-refractivity contribution in [1.82, 2.24) is 0 Å². The van der Waals surface area contributed by atoms with Crippen molar-refractivity contribution in [2.24, 2.45) is 0 Å². The van der Waals surface area contributed by atoms with Crippen molar-refractivity contribution in [3.8, 4) is 5.75 Å². The Morgan fingerprint density at radius 1 is 1.15 bits per heavy atom. The van der Waals surface area contributed by atoms with Gasteiger partial charge >= 0.3 is 0 Å². The van der Waals surface area contributed by atoms with E-state index in [4.69, 9.17) is 16.3 Å². The van der Waals surface area contributed by atoms with Crippen molar-refractivity contribution < 1.29 is 13.5 Å². The molecule has 20 heavy (non-hydrogen) atoms. The van der Waals surface area contributed by atoms with Crippen molar-refractivity contribution >= 4 is 17.3 Å². The van der Waals surface area contributed by atoms with E-state index in [1.54, 1.807) is 19.1 Å². The van der Waals surface area contributed by atoms with E-state index in [0.29, 0.717) is 29.4 Å². The minimum atomic E-state index is -0.442. The first-order chi connectivity index (χ1) is 9.60. The van der Waals surface area contributed by atoms with Crippen LogP contribution in [0.25, 0.3) is 0 Å².